The minimum absolute atomic E-state index is 0.188. The molecule has 0 amide bonds. The number of hydrogen-bond donors (Lipinski definition) is 3. The summed E-state index contributed by atoms with van der Waals surface area (Å²) in [6, 6.07) is 6.40. The van der Waals surface area contributed by atoms with E-state index < -0.39 is 53.3 Å². The molecular formula is C30H37NO10. The molecule has 3 N–H and O–H groups in total. The second-order valence-electron chi connectivity index (χ2n) is 10.9. The zero-order valence-electron chi connectivity index (χ0n) is 24.1. The van der Waals surface area contributed by atoms with Gasteiger partial charge in [0, 0.05) is 23.8 Å². The Morgan fingerprint density at radius 1 is 1.15 bits per heavy atom. The van der Waals surface area contributed by atoms with E-state index in [2.05, 4.69) is 11.9 Å². The van der Waals surface area contributed by atoms with E-state index in [4.69, 9.17) is 23.4 Å². The Bertz CT molecular complexity index is 1490. The van der Waals surface area contributed by atoms with Gasteiger partial charge in [-0.05, 0) is 70.4 Å². The Balaban J connectivity index is 1.72. The molecule has 41 heavy (non-hydrogen) atoms. The van der Waals surface area contributed by atoms with Crippen LogP contribution in [0.3, 0.4) is 0 Å². The van der Waals surface area contributed by atoms with Crippen molar-refractivity contribution in [2.45, 2.75) is 90.5 Å². The number of carbonyl (C=O) groups excluding carboxylic acids is 1. The SMILES string of the molecule is CCCCCc1cc(O[C@@H]2OC(C)(C)[C@H](OC)[C@@H](OC(=O)c3ccc(C)[nH]3)[C@H]2O)c(C)c2oc(=O)c(C(=O)O)cc12. The molecule has 11 heteroatoms. The number of methoxy groups -OCH3 is 1. The minimum atomic E-state index is -1.45. The summed E-state index contributed by atoms with van der Waals surface area (Å²) in [5, 5.41) is 21.3. The van der Waals surface area contributed by atoms with Crippen LogP contribution in [-0.2, 0) is 20.6 Å². The normalized spacial score (nSPS) is 22.0. The maximum Gasteiger partial charge on any atom is 0.355 e. The van der Waals surface area contributed by atoms with Crippen LogP contribution in [0.5, 0.6) is 5.75 Å². The highest BCUT2D eigenvalue weighted by Gasteiger charge is 2.53. The molecule has 0 aliphatic carbocycles. The number of nitrogens with one attached hydrogen (secondary N) is 1. The average molecular weight is 572 g/mol. The molecule has 0 spiro atoms. The van der Waals surface area contributed by atoms with Gasteiger partial charge in [0.2, 0.25) is 6.29 Å². The maximum atomic E-state index is 12.9. The number of aliphatic hydroxyl groups is 1. The molecule has 1 aromatic carbocycles. The summed E-state index contributed by atoms with van der Waals surface area (Å²) < 4.78 is 29.2. The zero-order valence-corrected chi connectivity index (χ0v) is 24.1. The number of rotatable bonds is 10. The van der Waals surface area contributed by atoms with E-state index in [1.165, 1.54) is 13.2 Å². The molecule has 2 aromatic heterocycles. The van der Waals surface area contributed by atoms with Gasteiger partial charge >= 0.3 is 17.6 Å². The molecule has 1 fully saturated rings. The number of ether oxygens (including phenoxy) is 4. The highest BCUT2D eigenvalue weighted by molar-refractivity contribution is 5.94. The Kier molecular flexibility index (Phi) is 8.91. The van der Waals surface area contributed by atoms with Crippen LogP contribution in [0.25, 0.3) is 11.0 Å². The lowest BCUT2D eigenvalue weighted by Crippen LogP contribution is -2.65. The van der Waals surface area contributed by atoms with Crippen molar-refractivity contribution in [2.75, 3.05) is 7.11 Å². The number of benzene rings is 1. The number of hydrogen-bond acceptors (Lipinski definition) is 9. The zero-order chi connectivity index (χ0) is 30.1. The minimum Gasteiger partial charge on any atom is -0.477 e. The number of carbonyl (C=O) groups is 2. The lowest BCUT2D eigenvalue weighted by molar-refractivity contribution is -0.305. The van der Waals surface area contributed by atoms with Crippen molar-refractivity contribution >= 4 is 22.9 Å². The largest absolute Gasteiger partial charge is 0.477 e. The summed E-state index contributed by atoms with van der Waals surface area (Å²) in [5.41, 5.74) is -0.143. The van der Waals surface area contributed by atoms with Crippen LogP contribution < -0.4 is 10.4 Å². The van der Waals surface area contributed by atoms with E-state index in [-0.39, 0.29) is 17.0 Å². The third-order valence-corrected chi connectivity index (χ3v) is 7.40. The lowest BCUT2D eigenvalue weighted by Gasteiger charge is -2.47. The third-order valence-electron chi connectivity index (χ3n) is 7.40. The second kappa shape index (κ2) is 12.1. The quantitative estimate of drug-likeness (QED) is 0.182. The smallest absolute Gasteiger partial charge is 0.355 e. The van der Waals surface area contributed by atoms with E-state index in [1.54, 1.807) is 45.9 Å². The molecule has 1 aliphatic heterocycles. The van der Waals surface area contributed by atoms with Crippen LogP contribution in [0.15, 0.2) is 33.5 Å². The van der Waals surface area contributed by atoms with Gasteiger partial charge in [0.25, 0.3) is 0 Å². The fourth-order valence-electron chi connectivity index (χ4n) is 5.23. The number of aromatic carboxylic acids is 1. The number of aliphatic hydroxyl groups excluding tert-OH is 1. The number of esters is 1. The molecule has 0 saturated carbocycles. The van der Waals surface area contributed by atoms with Gasteiger partial charge in [-0.15, -0.1) is 0 Å². The van der Waals surface area contributed by atoms with Crippen molar-refractivity contribution in [2.24, 2.45) is 0 Å². The highest BCUT2D eigenvalue weighted by atomic mass is 16.7. The van der Waals surface area contributed by atoms with E-state index in [0.29, 0.717) is 17.4 Å². The van der Waals surface area contributed by atoms with Crippen LogP contribution in [-0.4, -0.2) is 64.4 Å². The van der Waals surface area contributed by atoms with Crippen LogP contribution >= 0.6 is 0 Å². The molecule has 1 aliphatic rings. The standard InChI is InChI=1S/C30H37NO10/c1-7-8-9-10-17-13-21(16(3)23-18(17)14-19(26(33)34)27(35)39-23)38-29-22(32)24(25(37-6)30(4,5)41-29)40-28(36)20-12-11-15(2)31-20/h11-14,22,24-25,29,31-32H,7-10H2,1-6H3,(H,33,34)/t22-,24+,25-,29-/m1/s1. The van der Waals surface area contributed by atoms with Gasteiger partial charge in [0.05, 0.1) is 5.60 Å². The van der Waals surface area contributed by atoms with E-state index >= 15 is 0 Å². The first-order valence-corrected chi connectivity index (χ1v) is 13.6. The van der Waals surface area contributed by atoms with Crippen molar-refractivity contribution in [3.63, 3.8) is 0 Å². The molecular weight excluding hydrogens is 534 g/mol. The molecule has 1 saturated heterocycles. The average Bonchev–Trinajstić information content (AvgIpc) is 3.35. The van der Waals surface area contributed by atoms with E-state index in [9.17, 15) is 24.6 Å². The lowest BCUT2D eigenvalue weighted by atomic mass is 9.89. The number of unbranched alkanes of at least 4 members (excludes halogenated alkanes) is 2. The first-order chi connectivity index (χ1) is 19.4. The molecule has 3 heterocycles. The Labute approximate surface area is 237 Å². The van der Waals surface area contributed by atoms with Crippen LogP contribution in [0.2, 0.25) is 0 Å². The Morgan fingerprint density at radius 2 is 1.88 bits per heavy atom. The monoisotopic (exact) mass is 571 g/mol. The fraction of sp³-hybridized carbons (Fsp3) is 0.500. The number of aromatic nitrogens is 1. The van der Waals surface area contributed by atoms with Crippen molar-refractivity contribution in [1.29, 1.82) is 0 Å². The highest BCUT2D eigenvalue weighted by Crippen LogP contribution is 2.37. The predicted molar refractivity (Wildman–Crippen MR) is 149 cm³/mol. The van der Waals surface area contributed by atoms with Gasteiger partial charge in [-0.25, -0.2) is 14.4 Å². The fourth-order valence-corrected chi connectivity index (χ4v) is 5.23. The molecule has 0 bridgehead atoms. The molecule has 3 aromatic rings. The number of carboxylic acid groups (broad SMARTS) is 1. The van der Waals surface area contributed by atoms with E-state index in [1.807, 2.05) is 0 Å². The second-order valence-corrected chi connectivity index (χ2v) is 10.9. The summed E-state index contributed by atoms with van der Waals surface area (Å²) in [5.74, 6) is -1.77. The molecule has 11 nitrogen and oxygen atoms in total. The Morgan fingerprint density at radius 3 is 2.49 bits per heavy atom. The summed E-state index contributed by atoms with van der Waals surface area (Å²) in [6.45, 7) is 9.01. The van der Waals surface area contributed by atoms with Gasteiger partial charge in [-0.1, -0.05) is 19.8 Å². The van der Waals surface area contributed by atoms with Crippen LogP contribution in [0.4, 0.5) is 0 Å². The Hall–Kier alpha value is -3.67. The molecule has 4 atom stereocenters. The summed E-state index contributed by atoms with van der Waals surface area (Å²) >= 11 is 0. The van der Waals surface area contributed by atoms with Gasteiger partial charge in [-0.3, -0.25) is 0 Å². The van der Waals surface area contributed by atoms with Crippen molar-refractivity contribution in [1.82, 2.24) is 4.98 Å². The number of carboxylic acids is 1. The molecule has 0 unspecified atom stereocenters. The predicted octanol–water partition coefficient (Wildman–Crippen LogP) is 4.28. The third kappa shape index (κ3) is 6.17. The maximum absolute atomic E-state index is 12.9. The van der Waals surface area contributed by atoms with Crippen molar-refractivity contribution in [3.05, 3.63) is 62.8 Å². The molecule has 222 valence electrons. The van der Waals surface area contributed by atoms with Crippen molar-refractivity contribution in [3.8, 4) is 5.75 Å². The van der Waals surface area contributed by atoms with Gasteiger partial charge in [0.1, 0.15) is 28.7 Å². The number of H-pyrrole nitrogens is 1. The van der Waals surface area contributed by atoms with Gasteiger partial charge in [-0.2, -0.15) is 0 Å². The first-order valence-electron chi connectivity index (χ1n) is 13.6. The topological polar surface area (TPSA) is 158 Å². The first kappa shape index (κ1) is 30.3. The summed E-state index contributed by atoms with van der Waals surface area (Å²) in [6.07, 6.45) is -1.40. The van der Waals surface area contributed by atoms with Crippen molar-refractivity contribution < 1.29 is 43.2 Å². The molecule has 4 rings (SSSR count). The van der Waals surface area contributed by atoms with Crippen LogP contribution in [0, 0.1) is 13.8 Å². The number of aryl methyl sites for hydroxylation is 3. The number of aromatic amines is 1. The van der Waals surface area contributed by atoms with Gasteiger partial charge < -0.3 is 38.6 Å². The van der Waals surface area contributed by atoms with E-state index in [0.717, 1.165) is 30.5 Å². The summed E-state index contributed by atoms with van der Waals surface area (Å²) in [4.78, 5) is 39.9. The van der Waals surface area contributed by atoms with Crippen LogP contribution in [0.1, 0.15) is 77.7 Å². The number of fused-ring (bicyclic) bond motifs is 1. The molecule has 0 radical (unpaired) electrons. The van der Waals surface area contributed by atoms with Gasteiger partial charge in [0.15, 0.2) is 12.2 Å². The summed E-state index contributed by atoms with van der Waals surface area (Å²) in [7, 11) is 1.44.